The van der Waals surface area contributed by atoms with E-state index in [4.69, 9.17) is 9.47 Å². The third kappa shape index (κ3) is 3.72. The van der Waals surface area contributed by atoms with Gasteiger partial charge in [-0.25, -0.2) is 0 Å². The number of hydrogen-bond acceptors (Lipinski definition) is 7. The van der Waals surface area contributed by atoms with Crippen LogP contribution in [0.4, 0.5) is 0 Å². The van der Waals surface area contributed by atoms with Gasteiger partial charge < -0.3 is 29.2 Å². The Morgan fingerprint density at radius 3 is 2.67 bits per heavy atom. The van der Waals surface area contributed by atoms with Gasteiger partial charge in [0.15, 0.2) is 5.76 Å². The van der Waals surface area contributed by atoms with E-state index in [-0.39, 0.29) is 41.0 Å². The Balaban J connectivity index is 1.79. The zero-order valence-electron chi connectivity index (χ0n) is 20.1. The summed E-state index contributed by atoms with van der Waals surface area (Å²) in [6.07, 6.45) is 5.08. The van der Waals surface area contributed by atoms with E-state index < -0.39 is 5.78 Å². The Morgan fingerprint density at radius 1 is 1.22 bits per heavy atom. The topological polar surface area (TPSA) is 119 Å². The van der Waals surface area contributed by atoms with Crippen LogP contribution in [0.1, 0.15) is 15.9 Å². The molecule has 1 aliphatic heterocycles. The maximum Gasteiger partial charge on any atom is 0.242 e. The molecule has 2 aromatic heterocycles. The first-order valence-corrected chi connectivity index (χ1v) is 11.1. The van der Waals surface area contributed by atoms with E-state index in [1.54, 1.807) is 51.3 Å². The number of amides is 1. The second-order valence-corrected chi connectivity index (χ2v) is 8.70. The third-order valence-electron chi connectivity index (χ3n) is 6.09. The molecule has 10 heteroatoms. The summed E-state index contributed by atoms with van der Waals surface area (Å²) in [6.45, 7) is 0.0485. The van der Waals surface area contributed by atoms with Crippen LogP contribution < -0.4 is 9.47 Å². The number of carbonyl (C=O) groups excluding carboxylic acids is 2. The molecule has 0 saturated carbocycles. The van der Waals surface area contributed by atoms with Gasteiger partial charge in [-0.05, 0) is 24.3 Å². The van der Waals surface area contributed by atoms with Crippen molar-refractivity contribution in [3.8, 4) is 34.3 Å². The molecule has 3 heterocycles. The molecule has 36 heavy (non-hydrogen) atoms. The second-order valence-electron chi connectivity index (χ2n) is 8.70. The quantitative estimate of drug-likeness (QED) is 0.414. The number of ketones is 1. The third-order valence-corrected chi connectivity index (χ3v) is 6.09. The van der Waals surface area contributed by atoms with Gasteiger partial charge in [-0.3, -0.25) is 14.3 Å². The smallest absolute Gasteiger partial charge is 0.242 e. The van der Waals surface area contributed by atoms with Crippen LogP contribution in [0.3, 0.4) is 0 Å². The molecule has 0 unspecified atom stereocenters. The number of phenolic OH excluding ortho intramolecular Hbond substituents is 2. The molecule has 10 nitrogen and oxygen atoms in total. The van der Waals surface area contributed by atoms with Gasteiger partial charge in [0.2, 0.25) is 11.7 Å². The normalized spacial score (nSPS) is 13.8. The average molecular weight is 489 g/mol. The number of phenols is 2. The minimum absolute atomic E-state index is 0.0221. The van der Waals surface area contributed by atoms with Gasteiger partial charge in [-0.1, -0.05) is 0 Å². The molecule has 0 radical (unpaired) electrons. The molecule has 0 bridgehead atoms. The molecule has 0 fully saturated rings. The van der Waals surface area contributed by atoms with Crippen LogP contribution in [0.5, 0.6) is 23.0 Å². The van der Waals surface area contributed by atoms with Crippen LogP contribution in [-0.2, 0) is 18.4 Å². The molecule has 4 aromatic rings. The number of rotatable bonds is 5. The highest BCUT2D eigenvalue weighted by Gasteiger charge is 2.32. The first kappa shape index (κ1) is 23.0. The predicted molar refractivity (Wildman–Crippen MR) is 132 cm³/mol. The lowest BCUT2D eigenvalue weighted by molar-refractivity contribution is -0.129. The first-order chi connectivity index (χ1) is 17.2. The Bertz CT molecular complexity index is 1580. The van der Waals surface area contributed by atoms with Crippen molar-refractivity contribution in [2.24, 2.45) is 7.05 Å². The van der Waals surface area contributed by atoms with Gasteiger partial charge in [-0.15, -0.1) is 0 Å². The van der Waals surface area contributed by atoms with Crippen molar-refractivity contribution in [1.29, 1.82) is 0 Å². The summed E-state index contributed by atoms with van der Waals surface area (Å²) in [5.74, 6) is -0.597. The summed E-state index contributed by atoms with van der Waals surface area (Å²) in [5, 5.41) is 25.1. The maximum atomic E-state index is 13.2. The van der Waals surface area contributed by atoms with Crippen molar-refractivity contribution in [2.75, 3.05) is 21.2 Å². The first-order valence-electron chi connectivity index (χ1n) is 11.1. The molecular weight excluding hydrogens is 464 g/mol. The highest BCUT2D eigenvalue weighted by atomic mass is 16.5. The largest absolute Gasteiger partial charge is 0.508 e. The number of methoxy groups -OCH3 is 1. The van der Waals surface area contributed by atoms with Crippen LogP contribution in [0.2, 0.25) is 0 Å². The number of likely N-dealkylation sites (N-methyl/N-ethyl adjacent to an activating group) is 1. The van der Waals surface area contributed by atoms with Gasteiger partial charge in [0.05, 0.1) is 19.0 Å². The molecule has 5 rings (SSSR count). The number of allylic oxidation sites excluding steroid dienone is 1. The van der Waals surface area contributed by atoms with Gasteiger partial charge in [0.1, 0.15) is 35.1 Å². The average Bonchev–Trinajstić information content (AvgIpc) is 3.48. The molecule has 0 aliphatic carbocycles. The molecule has 184 valence electrons. The van der Waals surface area contributed by atoms with E-state index in [2.05, 4.69) is 5.10 Å². The van der Waals surface area contributed by atoms with Gasteiger partial charge in [-0.2, -0.15) is 5.10 Å². The number of benzene rings is 2. The van der Waals surface area contributed by atoms with Crippen LogP contribution in [0.25, 0.3) is 28.2 Å². The summed E-state index contributed by atoms with van der Waals surface area (Å²) in [7, 11) is 6.73. The van der Waals surface area contributed by atoms with Crippen molar-refractivity contribution in [3.05, 3.63) is 59.6 Å². The van der Waals surface area contributed by atoms with Crippen molar-refractivity contribution in [3.63, 3.8) is 0 Å². The molecule has 0 spiro atoms. The molecule has 1 amide bonds. The van der Waals surface area contributed by atoms with Crippen molar-refractivity contribution in [2.45, 2.75) is 6.54 Å². The number of Topliss-reactive ketones (excluding diaryl/α,β-unsaturated/α-hetero) is 1. The number of carbonyl (C=O) groups is 2. The fourth-order valence-electron chi connectivity index (χ4n) is 4.34. The van der Waals surface area contributed by atoms with Gasteiger partial charge in [0.25, 0.3) is 0 Å². The fourth-order valence-corrected chi connectivity index (χ4v) is 4.34. The standard InChI is InChI=1S/C26H24N4O6/c1-28(2)23(33)13-30-19-6-5-16(35-4)9-17(19)18(25(30)14-11-27-29(3)12-14)10-22-26(34)24-20(32)7-15(31)8-21(24)36-22/h5-12,31-32H,13H2,1-4H3/b22-10-. The minimum atomic E-state index is -0.521. The summed E-state index contributed by atoms with van der Waals surface area (Å²) in [5.41, 5.74) is 2.73. The van der Waals surface area contributed by atoms with E-state index >= 15 is 0 Å². The Hall–Kier alpha value is -4.73. The lowest BCUT2D eigenvalue weighted by Crippen LogP contribution is -2.26. The van der Waals surface area contributed by atoms with Crippen molar-refractivity contribution >= 4 is 28.7 Å². The highest BCUT2D eigenvalue weighted by molar-refractivity contribution is 6.17. The molecule has 2 aromatic carbocycles. The van der Waals surface area contributed by atoms with E-state index in [1.807, 2.05) is 22.9 Å². The molecular formula is C26H24N4O6. The zero-order valence-corrected chi connectivity index (χ0v) is 20.1. The van der Waals surface area contributed by atoms with Gasteiger partial charge in [0, 0.05) is 61.5 Å². The molecule has 2 N–H and O–H groups in total. The molecule has 0 atom stereocenters. The van der Waals surface area contributed by atoms with E-state index in [1.165, 1.54) is 11.0 Å². The van der Waals surface area contributed by atoms with Crippen LogP contribution in [0.15, 0.2) is 48.5 Å². The molecule has 0 saturated heterocycles. The van der Waals surface area contributed by atoms with Crippen molar-refractivity contribution in [1.82, 2.24) is 19.2 Å². The van der Waals surface area contributed by atoms with E-state index in [0.29, 0.717) is 17.0 Å². The van der Waals surface area contributed by atoms with E-state index in [9.17, 15) is 19.8 Å². The Kier molecular flexibility index (Phi) is 5.43. The minimum Gasteiger partial charge on any atom is -0.508 e. The maximum absolute atomic E-state index is 13.2. The van der Waals surface area contributed by atoms with Crippen LogP contribution >= 0.6 is 0 Å². The van der Waals surface area contributed by atoms with E-state index in [0.717, 1.165) is 22.5 Å². The van der Waals surface area contributed by atoms with Crippen molar-refractivity contribution < 1.29 is 29.3 Å². The second kappa shape index (κ2) is 8.49. The Labute approximate surface area is 206 Å². The lowest BCUT2D eigenvalue weighted by Gasteiger charge is -2.14. The number of aromatic hydroxyl groups is 2. The summed E-state index contributed by atoms with van der Waals surface area (Å²) in [6, 6.07) is 7.85. The SMILES string of the molecule is COc1ccc2c(c1)c(/C=C1\Oc3cc(O)cc(O)c3C1=O)c(-c1cnn(C)c1)n2CC(=O)N(C)C. The van der Waals surface area contributed by atoms with Crippen LogP contribution in [-0.4, -0.2) is 62.4 Å². The monoisotopic (exact) mass is 488 g/mol. The number of aromatic nitrogens is 3. The number of ether oxygens (including phenoxy) is 2. The number of fused-ring (bicyclic) bond motifs is 2. The predicted octanol–water partition coefficient (Wildman–Crippen LogP) is 3.17. The van der Waals surface area contributed by atoms with Gasteiger partial charge >= 0.3 is 0 Å². The highest BCUT2D eigenvalue weighted by Crippen LogP contribution is 2.43. The fraction of sp³-hybridized carbons (Fsp3) is 0.192. The number of nitrogens with zero attached hydrogens (tertiary/aromatic N) is 4. The Morgan fingerprint density at radius 2 is 2.00 bits per heavy atom. The summed E-state index contributed by atoms with van der Waals surface area (Å²) >= 11 is 0. The molecule has 1 aliphatic rings. The zero-order chi connectivity index (χ0) is 25.7. The summed E-state index contributed by atoms with van der Waals surface area (Å²) in [4.78, 5) is 27.5. The summed E-state index contributed by atoms with van der Waals surface area (Å²) < 4.78 is 14.7. The lowest BCUT2D eigenvalue weighted by atomic mass is 10.0. The number of aryl methyl sites for hydroxylation is 1. The number of hydrogen-bond donors (Lipinski definition) is 2. The van der Waals surface area contributed by atoms with Crippen LogP contribution in [0, 0.1) is 0 Å².